The van der Waals surface area contributed by atoms with E-state index in [9.17, 15) is 9.59 Å². The van der Waals surface area contributed by atoms with Crippen LogP contribution in [0.1, 0.15) is 29.7 Å². The van der Waals surface area contributed by atoms with Crippen LogP contribution in [0, 0.1) is 6.92 Å². The molecule has 1 aromatic heterocycles. The van der Waals surface area contributed by atoms with Gasteiger partial charge in [0.15, 0.2) is 0 Å². The third-order valence-corrected chi connectivity index (χ3v) is 6.54. The van der Waals surface area contributed by atoms with Gasteiger partial charge in [-0.05, 0) is 25.3 Å². The zero-order chi connectivity index (χ0) is 21.6. The Morgan fingerprint density at radius 2 is 1.90 bits per heavy atom. The van der Waals surface area contributed by atoms with E-state index < -0.39 is 0 Å². The molecule has 0 bridgehead atoms. The Labute approximate surface area is 187 Å². The predicted octanol–water partition coefficient (Wildman–Crippen LogP) is 4.01. The zero-order valence-electron chi connectivity index (χ0n) is 17.7. The minimum Gasteiger partial charge on any atom is -0.354 e. The highest BCUT2D eigenvalue weighted by molar-refractivity contribution is 7.13. The van der Waals surface area contributed by atoms with Gasteiger partial charge in [-0.25, -0.2) is 4.98 Å². The van der Waals surface area contributed by atoms with E-state index in [0.717, 1.165) is 34.7 Å². The molecular formula is C25H27N3O2S. The molecule has 1 saturated heterocycles. The number of nitrogens with one attached hydrogen (secondary N) is 1. The summed E-state index contributed by atoms with van der Waals surface area (Å²) in [5.41, 5.74) is 4.30. The number of likely N-dealkylation sites (tertiary alicyclic amines) is 1. The number of amides is 2. The normalized spacial score (nSPS) is 15.8. The van der Waals surface area contributed by atoms with Gasteiger partial charge in [-0.15, -0.1) is 11.3 Å². The summed E-state index contributed by atoms with van der Waals surface area (Å²) < 4.78 is 0. The molecule has 160 valence electrons. The number of aryl methyl sites for hydroxylation is 1. The Morgan fingerprint density at radius 3 is 2.68 bits per heavy atom. The standard InChI is InChI=1S/C25H27N3O2S/c1-18-9-11-20(12-10-18)25-27-21(17-31-25)13-14-26-24(30)22-8-5-15-28(22)23(29)16-19-6-3-2-4-7-19/h2-4,6-7,9-12,17,22H,5,8,13-16H2,1H3,(H,26,30). The highest BCUT2D eigenvalue weighted by Crippen LogP contribution is 2.24. The van der Waals surface area contributed by atoms with E-state index in [2.05, 4.69) is 36.5 Å². The molecule has 1 aliphatic heterocycles. The summed E-state index contributed by atoms with van der Waals surface area (Å²) in [7, 11) is 0. The summed E-state index contributed by atoms with van der Waals surface area (Å²) >= 11 is 1.62. The fourth-order valence-corrected chi connectivity index (χ4v) is 4.75. The van der Waals surface area contributed by atoms with Crippen LogP contribution in [0.5, 0.6) is 0 Å². The van der Waals surface area contributed by atoms with E-state index in [0.29, 0.717) is 25.9 Å². The van der Waals surface area contributed by atoms with E-state index in [1.165, 1.54) is 5.56 Å². The van der Waals surface area contributed by atoms with Gasteiger partial charge in [0.25, 0.3) is 0 Å². The SMILES string of the molecule is Cc1ccc(-c2nc(CCNC(=O)C3CCCN3C(=O)Cc3ccccc3)cs2)cc1. The van der Waals surface area contributed by atoms with Crippen LogP contribution in [-0.4, -0.2) is 40.8 Å². The molecule has 31 heavy (non-hydrogen) atoms. The number of benzene rings is 2. The number of aromatic nitrogens is 1. The lowest BCUT2D eigenvalue weighted by atomic mass is 10.1. The number of carbonyl (C=O) groups excluding carboxylic acids is 2. The van der Waals surface area contributed by atoms with E-state index in [1.54, 1.807) is 16.2 Å². The quantitative estimate of drug-likeness (QED) is 0.612. The summed E-state index contributed by atoms with van der Waals surface area (Å²) in [6.07, 6.45) is 2.61. The molecule has 0 saturated carbocycles. The lowest BCUT2D eigenvalue weighted by molar-refractivity contribution is -0.137. The van der Waals surface area contributed by atoms with Crippen molar-refractivity contribution in [3.8, 4) is 10.6 Å². The molecule has 0 spiro atoms. The second-order valence-corrected chi connectivity index (χ2v) is 8.82. The summed E-state index contributed by atoms with van der Waals surface area (Å²) in [4.78, 5) is 31.9. The minimum absolute atomic E-state index is 0.0195. The summed E-state index contributed by atoms with van der Waals surface area (Å²) in [5, 5.41) is 6.05. The van der Waals surface area contributed by atoms with E-state index in [-0.39, 0.29) is 17.9 Å². The largest absolute Gasteiger partial charge is 0.354 e. The summed E-state index contributed by atoms with van der Waals surface area (Å²) in [6.45, 7) is 3.24. The number of nitrogens with zero attached hydrogens (tertiary/aromatic N) is 2. The van der Waals surface area contributed by atoms with Gasteiger partial charge < -0.3 is 10.2 Å². The Kier molecular flexibility index (Phi) is 6.77. The van der Waals surface area contributed by atoms with Crippen molar-refractivity contribution in [3.63, 3.8) is 0 Å². The van der Waals surface area contributed by atoms with Crippen LogP contribution in [-0.2, 0) is 22.4 Å². The smallest absolute Gasteiger partial charge is 0.242 e. The average molecular weight is 434 g/mol. The van der Waals surface area contributed by atoms with Crippen molar-refractivity contribution >= 4 is 23.2 Å². The first kappa shape index (κ1) is 21.2. The van der Waals surface area contributed by atoms with Gasteiger partial charge in [0, 0.05) is 30.5 Å². The molecular weight excluding hydrogens is 406 g/mol. The van der Waals surface area contributed by atoms with Gasteiger partial charge >= 0.3 is 0 Å². The van der Waals surface area contributed by atoms with E-state index >= 15 is 0 Å². The van der Waals surface area contributed by atoms with Gasteiger partial charge in [-0.3, -0.25) is 9.59 Å². The van der Waals surface area contributed by atoms with Crippen LogP contribution in [0.15, 0.2) is 60.0 Å². The monoisotopic (exact) mass is 433 g/mol. The number of rotatable bonds is 7. The Bertz CT molecular complexity index is 1030. The number of carbonyl (C=O) groups is 2. The maximum absolute atomic E-state index is 12.7. The lowest BCUT2D eigenvalue weighted by Crippen LogP contribution is -2.46. The van der Waals surface area contributed by atoms with Crippen LogP contribution in [0.3, 0.4) is 0 Å². The highest BCUT2D eigenvalue weighted by atomic mass is 32.1. The van der Waals surface area contributed by atoms with Crippen molar-refractivity contribution in [1.82, 2.24) is 15.2 Å². The molecule has 2 heterocycles. The Hall–Kier alpha value is -2.99. The van der Waals surface area contributed by atoms with Crippen molar-refractivity contribution in [2.24, 2.45) is 0 Å². The van der Waals surface area contributed by atoms with Crippen LogP contribution in [0.2, 0.25) is 0 Å². The molecule has 2 aromatic carbocycles. The summed E-state index contributed by atoms with van der Waals surface area (Å²) in [5.74, 6) is -0.0426. The fourth-order valence-electron chi connectivity index (χ4n) is 3.89. The van der Waals surface area contributed by atoms with Crippen LogP contribution >= 0.6 is 11.3 Å². The van der Waals surface area contributed by atoms with Crippen molar-refractivity contribution in [3.05, 3.63) is 76.8 Å². The maximum Gasteiger partial charge on any atom is 0.242 e. The predicted molar refractivity (Wildman–Crippen MR) is 124 cm³/mol. The lowest BCUT2D eigenvalue weighted by Gasteiger charge is -2.24. The van der Waals surface area contributed by atoms with Gasteiger partial charge in [-0.2, -0.15) is 0 Å². The van der Waals surface area contributed by atoms with Crippen LogP contribution in [0.25, 0.3) is 10.6 Å². The molecule has 1 aliphatic rings. The third-order valence-electron chi connectivity index (χ3n) is 5.60. The minimum atomic E-state index is -0.366. The van der Waals surface area contributed by atoms with Crippen molar-refractivity contribution in [1.29, 1.82) is 0 Å². The van der Waals surface area contributed by atoms with Gasteiger partial charge in [0.05, 0.1) is 12.1 Å². The molecule has 1 atom stereocenters. The molecule has 6 heteroatoms. The van der Waals surface area contributed by atoms with E-state index in [4.69, 9.17) is 4.98 Å². The molecule has 2 amide bonds. The topological polar surface area (TPSA) is 62.3 Å². The van der Waals surface area contributed by atoms with Crippen molar-refractivity contribution in [2.45, 2.75) is 38.6 Å². The second kappa shape index (κ2) is 9.88. The molecule has 1 unspecified atom stereocenters. The van der Waals surface area contributed by atoms with Gasteiger partial charge in [-0.1, -0.05) is 60.2 Å². The summed E-state index contributed by atoms with van der Waals surface area (Å²) in [6, 6.07) is 17.7. The molecule has 3 aromatic rings. The second-order valence-electron chi connectivity index (χ2n) is 7.96. The number of thiazole rings is 1. The van der Waals surface area contributed by atoms with Gasteiger partial charge in [0.1, 0.15) is 11.0 Å². The molecule has 1 fully saturated rings. The number of hydrogen-bond donors (Lipinski definition) is 1. The maximum atomic E-state index is 12.7. The van der Waals surface area contributed by atoms with Crippen molar-refractivity contribution < 1.29 is 9.59 Å². The van der Waals surface area contributed by atoms with Crippen LogP contribution < -0.4 is 5.32 Å². The first-order valence-corrected chi connectivity index (χ1v) is 11.6. The highest BCUT2D eigenvalue weighted by Gasteiger charge is 2.33. The Balaban J connectivity index is 1.28. The van der Waals surface area contributed by atoms with E-state index in [1.807, 2.05) is 35.7 Å². The van der Waals surface area contributed by atoms with Crippen molar-refractivity contribution in [2.75, 3.05) is 13.1 Å². The number of hydrogen-bond acceptors (Lipinski definition) is 4. The average Bonchev–Trinajstić information content (AvgIpc) is 3.45. The van der Waals surface area contributed by atoms with Gasteiger partial charge in [0.2, 0.25) is 11.8 Å². The first-order chi connectivity index (χ1) is 15.1. The molecule has 0 radical (unpaired) electrons. The Morgan fingerprint density at radius 1 is 1.13 bits per heavy atom. The zero-order valence-corrected chi connectivity index (χ0v) is 18.5. The van der Waals surface area contributed by atoms with Crippen LogP contribution in [0.4, 0.5) is 0 Å². The molecule has 0 aliphatic carbocycles. The molecule has 1 N–H and O–H groups in total. The first-order valence-electron chi connectivity index (χ1n) is 10.7. The molecule has 4 rings (SSSR count). The third kappa shape index (κ3) is 5.39. The molecule has 5 nitrogen and oxygen atoms in total. The fraction of sp³-hybridized carbons (Fsp3) is 0.320.